The average Bonchev–Trinajstić information content (AvgIpc) is 2.88. The molecular weight excluding hydrogens is 511 g/mol. The number of pyridine rings is 1. The number of aromatic nitrogens is 1. The number of anilines is 2. The van der Waals surface area contributed by atoms with Crippen molar-refractivity contribution in [3.05, 3.63) is 57.5 Å². The largest absolute Gasteiger partial charge is 0.417 e. The van der Waals surface area contributed by atoms with Crippen LogP contribution in [0.4, 0.5) is 24.5 Å². The molecule has 11 heteroatoms. The van der Waals surface area contributed by atoms with Gasteiger partial charge in [0.05, 0.1) is 28.5 Å². The first kappa shape index (κ1) is 28.2. The summed E-state index contributed by atoms with van der Waals surface area (Å²) >= 11 is 0. The van der Waals surface area contributed by atoms with Crippen molar-refractivity contribution >= 4 is 23.2 Å². The van der Waals surface area contributed by atoms with Gasteiger partial charge in [0.15, 0.2) is 0 Å². The van der Waals surface area contributed by atoms with Gasteiger partial charge < -0.3 is 25.0 Å². The number of nitrogens with zero attached hydrogens (tertiary/aromatic N) is 3. The molecule has 1 aromatic heterocycles. The van der Waals surface area contributed by atoms with Gasteiger partial charge in [0.1, 0.15) is 0 Å². The van der Waals surface area contributed by atoms with Gasteiger partial charge in [-0.05, 0) is 51.4 Å². The molecule has 0 bridgehead atoms. The lowest BCUT2D eigenvalue weighted by molar-refractivity contribution is -0.138. The maximum Gasteiger partial charge on any atom is 0.417 e. The van der Waals surface area contributed by atoms with E-state index in [0.717, 1.165) is 32.0 Å². The minimum atomic E-state index is -4.88. The highest BCUT2D eigenvalue weighted by Gasteiger charge is 2.36. The summed E-state index contributed by atoms with van der Waals surface area (Å²) in [6, 6.07) is 5.64. The summed E-state index contributed by atoms with van der Waals surface area (Å²) in [6.07, 6.45) is -1.45. The summed E-state index contributed by atoms with van der Waals surface area (Å²) in [4.78, 5) is 44.9. The molecule has 2 aliphatic heterocycles. The third kappa shape index (κ3) is 6.63. The first-order chi connectivity index (χ1) is 18.4. The molecule has 0 aliphatic carbocycles. The van der Waals surface area contributed by atoms with Gasteiger partial charge in [-0.3, -0.25) is 14.4 Å². The molecule has 2 N–H and O–H groups in total. The lowest BCUT2D eigenvalue weighted by Gasteiger charge is -2.39. The van der Waals surface area contributed by atoms with E-state index < -0.39 is 28.8 Å². The quantitative estimate of drug-likeness (QED) is 0.579. The fourth-order valence-corrected chi connectivity index (χ4v) is 4.97. The number of benzene rings is 1. The number of likely N-dealkylation sites (tertiary alicyclic amines) is 1. The van der Waals surface area contributed by atoms with E-state index in [-0.39, 0.29) is 18.0 Å². The summed E-state index contributed by atoms with van der Waals surface area (Å²) < 4.78 is 40.8. The van der Waals surface area contributed by atoms with Crippen molar-refractivity contribution < 1.29 is 22.8 Å². The molecule has 2 saturated heterocycles. The summed E-state index contributed by atoms with van der Waals surface area (Å²) in [5, 5.41) is 2.64. The Morgan fingerprint density at radius 1 is 1.13 bits per heavy atom. The molecule has 2 aromatic rings. The fourth-order valence-electron chi connectivity index (χ4n) is 4.97. The van der Waals surface area contributed by atoms with E-state index in [1.807, 2.05) is 13.1 Å². The van der Waals surface area contributed by atoms with E-state index in [1.165, 1.54) is 6.92 Å². The number of likely N-dealkylation sites (N-methyl/N-ethyl adjacent to an activating group) is 1. The molecule has 1 unspecified atom stereocenters. The Morgan fingerprint density at radius 3 is 2.59 bits per heavy atom. The van der Waals surface area contributed by atoms with Crippen molar-refractivity contribution in [1.29, 1.82) is 0 Å². The molecule has 0 saturated carbocycles. The van der Waals surface area contributed by atoms with Crippen molar-refractivity contribution in [2.24, 2.45) is 0 Å². The predicted octanol–water partition coefficient (Wildman–Crippen LogP) is 3.54. The zero-order valence-corrected chi connectivity index (χ0v) is 22.2. The second-order valence-electron chi connectivity index (χ2n) is 10.1. The summed E-state index contributed by atoms with van der Waals surface area (Å²) in [5.74, 6) is 5.22. The Balaban J connectivity index is 1.70. The summed E-state index contributed by atoms with van der Waals surface area (Å²) in [7, 11) is 2.02. The van der Waals surface area contributed by atoms with Crippen molar-refractivity contribution in [2.45, 2.75) is 51.4 Å². The van der Waals surface area contributed by atoms with Gasteiger partial charge in [0, 0.05) is 57.0 Å². The van der Waals surface area contributed by atoms with Crippen molar-refractivity contribution in [1.82, 2.24) is 14.8 Å². The van der Waals surface area contributed by atoms with E-state index in [2.05, 4.69) is 38.9 Å². The second kappa shape index (κ2) is 11.5. The number of carbonyl (C=O) groups is 2. The van der Waals surface area contributed by atoms with E-state index in [0.29, 0.717) is 42.6 Å². The number of rotatable bonds is 3. The predicted molar refractivity (Wildman–Crippen MR) is 143 cm³/mol. The standard InChI is InChI=1S/C28H32F3N5O3/c1-18-17-35(13-12-34(18)3)25-10-8-20(7-9-21-6-4-5-11-36(21)19(2)37)14-24(25)33-27(39)22-16-32-26(38)15-23(22)28(29,30)31/h8,10,14-16,18,21H,4-6,11-13,17H2,1-3H3,(H,32,38)(H,33,39)/t18-,21?/m0/s1. The van der Waals surface area contributed by atoms with Gasteiger partial charge in [-0.25, -0.2) is 0 Å². The molecule has 8 nitrogen and oxygen atoms in total. The van der Waals surface area contributed by atoms with E-state index in [9.17, 15) is 27.6 Å². The monoisotopic (exact) mass is 543 g/mol. The number of H-pyrrole nitrogens is 1. The van der Waals surface area contributed by atoms with Crippen molar-refractivity contribution in [2.75, 3.05) is 43.4 Å². The highest BCUT2D eigenvalue weighted by atomic mass is 19.4. The van der Waals surface area contributed by atoms with Crippen LogP contribution >= 0.6 is 0 Å². The van der Waals surface area contributed by atoms with Crippen LogP contribution in [0.25, 0.3) is 0 Å². The Labute approximate surface area is 225 Å². The number of alkyl halides is 3. The maximum atomic E-state index is 13.6. The van der Waals surface area contributed by atoms with Crippen LogP contribution in [0.1, 0.15) is 54.6 Å². The van der Waals surface area contributed by atoms with Crippen LogP contribution in [-0.2, 0) is 11.0 Å². The van der Waals surface area contributed by atoms with E-state index in [1.54, 1.807) is 17.0 Å². The number of nitrogens with one attached hydrogen (secondary N) is 2. The average molecular weight is 544 g/mol. The van der Waals surface area contributed by atoms with Crippen LogP contribution in [0, 0.1) is 11.8 Å². The number of hydrogen-bond donors (Lipinski definition) is 2. The van der Waals surface area contributed by atoms with Crippen LogP contribution in [0.2, 0.25) is 0 Å². The molecule has 1 aromatic carbocycles. The topological polar surface area (TPSA) is 88.8 Å². The summed E-state index contributed by atoms with van der Waals surface area (Å²) in [5.41, 5.74) is -1.41. The van der Waals surface area contributed by atoms with Crippen LogP contribution in [0.5, 0.6) is 0 Å². The Kier molecular flexibility index (Phi) is 8.35. The molecule has 3 heterocycles. The van der Waals surface area contributed by atoms with Gasteiger partial charge >= 0.3 is 6.18 Å². The highest BCUT2D eigenvalue weighted by molar-refractivity contribution is 6.07. The smallest absolute Gasteiger partial charge is 0.367 e. The Morgan fingerprint density at radius 2 is 1.90 bits per heavy atom. The zero-order valence-electron chi connectivity index (χ0n) is 22.2. The third-order valence-corrected chi connectivity index (χ3v) is 7.31. The minimum absolute atomic E-state index is 0.0390. The van der Waals surface area contributed by atoms with Crippen LogP contribution in [0.3, 0.4) is 0 Å². The van der Waals surface area contributed by atoms with Gasteiger partial charge in [0.25, 0.3) is 5.91 Å². The van der Waals surface area contributed by atoms with E-state index >= 15 is 0 Å². The molecule has 2 aliphatic rings. The van der Waals surface area contributed by atoms with Gasteiger partial charge in [-0.15, -0.1) is 0 Å². The SMILES string of the molecule is CC(=O)N1CCCCC1C#Cc1ccc(N2CCN(C)[C@@H](C)C2)c(NC(=O)c2c[nH]c(=O)cc2C(F)(F)F)c1. The minimum Gasteiger partial charge on any atom is -0.367 e. The fraction of sp³-hybridized carbons (Fsp3) is 0.464. The van der Waals surface area contributed by atoms with Crippen molar-refractivity contribution in [3.63, 3.8) is 0 Å². The molecule has 208 valence electrons. The normalized spacial score (nSPS) is 20.3. The molecule has 2 atom stereocenters. The molecule has 0 spiro atoms. The van der Waals surface area contributed by atoms with Crippen LogP contribution in [0.15, 0.2) is 35.3 Å². The molecular formula is C28H32F3N5O3. The summed E-state index contributed by atoms with van der Waals surface area (Å²) in [6.45, 7) is 6.34. The van der Waals surface area contributed by atoms with Crippen molar-refractivity contribution in [3.8, 4) is 11.8 Å². The number of aromatic amines is 1. The Bertz CT molecular complexity index is 1360. The van der Waals surface area contributed by atoms with Gasteiger partial charge in [-0.2, -0.15) is 13.2 Å². The maximum absolute atomic E-state index is 13.6. The lowest BCUT2D eigenvalue weighted by atomic mass is 10.0. The van der Waals surface area contributed by atoms with Crippen LogP contribution in [-0.4, -0.2) is 71.9 Å². The zero-order chi connectivity index (χ0) is 28.3. The first-order valence-electron chi connectivity index (χ1n) is 12.9. The third-order valence-electron chi connectivity index (χ3n) is 7.31. The number of halogens is 3. The second-order valence-corrected chi connectivity index (χ2v) is 10.1. The van der Waals surface area contributed by atoms with Gasteiger partial charge in [-0.1, -0.05) is 11.8 Å². The molecule has 2 fully saturated rings. The number of piperazine rings is 1. The molecule has 0 radical (unpaired) electrons. The van der Waals surface area contributed by atoms with Gasteiger partial charge in [0.2, 0.25) is 11.5 Å². The number of piperidine rings is 1. The molecule has 39 heavy (non-hydrogen) atoms. The number of hydrogen-bond acceptors (Lipinski definition) is 5. The van der Waals surface area contributed by atoms with Crippen LogP contribution < -0.4 is 15.8 Å². The number of carbonyl (C=O) groups excluding carboxylic acids is 2. The van der Waals surface area contributed by atoms with E-state index in [4.69, 9.17) is 0 Å². The first-order valence-corrected chi connectivity index (χ1v) is 12.9. The molecule has 4 rings (SSSR count). The molecule has 2 amide bonds. The highest BCUT2D eigenvalue weighted by Crippen LogP contribution is 2.33. The Hall–Kier alpha value is -3.78. The lowest BCUT2D eigenvalue weighted by Crippen LogP contribution is -2.50. The number of amides is 2.